The molecule has 0 aliphatic heterocycles. The van der Waals surface area contributed by atoms with Crippen molar-refractivity contribution in [3.05, 3.63) is 28.3 Å². The fraction of sp³-hybridized carbons (Fsp3) is 0.455. The number of methoxy groups -OCH3 is 3. The Morgan fingerprint density at radius 3 is 2.39 bits per heavy atom. The fourth-order valence-electron chi connectivity index (χ4n) is 1.28. The van der Waals surface area contributed by atoms with E-state index in [9.17, 15) is 10.1 Å². The van der Waals surface area contributed by atoms with E-state index in [2.05, 4.69) is 0 Å². The van der Waals surface area contributed by atoms with E-state index >= 15 is 0 Å². The molecule has 0 heterocycles. The predicted molar refractivity (Wildman–Crippen MR) is 62.9 cm³/mol. The van der Waals surface area contributed by atoms with Crippen molar-refractivity contribution in [1.29, 1.82) is 0 Å². The number of nitro benzene ring substituents is 1. The maximum atomic E-state index is 10.6. The van der Waals surface area contributed by atoms with Crippen molar-refractivity contribution in [1.82, 2.24) is 0 Å². The Hall–Kier alpha value is -1.86. The Kier molecular flexibility index (Phi) is 5.34. The summed E-state index contributed by atoms with van der Waals surface area (Å²) in [5.41, 5.74) is -0.0609. The van der Waals surface area contributed by atoms with Gasteiger partial charge < -0.3 is 18.9 Å². The van der Waals surface area contributed by atoms with Gasteiger partial charge in [0.1, 0.15) is 6.61 Å². The van der Waals surface area contributed by atoms with E-state index in [1.165, 1.54) is 39.5 Å². The second-order valence-electron chi connectivity index (χ2n) is 3.30. The maximum Gasteiger partial charge on any atom is 0.273 e. The first-order valence-corrected chi connectivity index (χ1v) is 5.13. The Morgan fingerprint density at radius 2 is 1.89 bits per heavy atom. The largest absolute Gasteiger partial charge is 0.493 e. The zero-order valence-corrected chi connectivity index (χ0v) is 10.4. The second kappa shape index (κ2) is 6.77. The SMILES string of the molecule is COc1cc([N+](=O)[O-])ccc1OCC(OC)OC. The summed E-state index contributed by atoms with van der Waals surface area (Å²) in [5.74, 6) is 0.678. The maximum absolute atomic E-state index is 10.6. The van der Waals surface area contributed by atoms with Crippen molar-refractivity contribution >= 4 is 5.69 Å². The molecule has 100 valence electrons. The van der Waals surface area contributed by atoms with Gasteiger partial charge in [0.2, 0.25) is 0 Å². The summed E-state index contributed by atoms with van der Waals surface area (Å²) in [6.07, 6.45) is -0.509. The van der Waals surface area contributed by atoms with E-state index < -0.39 is 11.2 Å². The van der Waals surface area contributed by atoms with Crippen molar-refractivity contribution in [2.75, 3.05) is 27.9 Å². The lowest BCUT2D eigenvalue weighted by molar-refractivity contribution is -0.385. The zero-order chi connectivity index (χ0) is 13.5. The summed E-state index contributed by atoms with van der Waals surface area (Å²) in [6, 6.07) is 4.11. The molecule has 0 saturated heterocycles. The molecule has 7 nitrogen and oxygen atoms in total. The van der Waals surface area contributed by atoms with Gasteiger partial charge in [-0.1, -0.05) is 0 Å². The topological polar surface area (TPSA) is 80.1 Å². The van der Waals surface area contributed by atoms with Crippen molar-refractivity contribution in [2.24, 2.45) is 0 Å². The van der Waals surface area contributed by atoms with Crippen LogP contribution in [-0.2, 0) is 9.47 Å². The summed E-state index contributed by atoms with van der Waals surface area (Å²) >= 11 is 0. The van der Waals surface area contributed by atoms with Gasteiger partial charge in [0.05, 0.1) is 18.1 Å². The number of nitrogens with zero attached hydrogens (tertiary/aromatic N) is 1. The molecule has 0 bridgehead atoms. The molecule has 0 aliphatic rings. The van der Waals surface area contributed by atoms with Gasteiger partial charge in [0, 0.05) is 20.3 Å². The first-order chi connectivity index (χ1) is 8.62. The summed E-state index contributed by atoms with van der Waals surface area (Å²) < 4.78 is 20.4. The molecule has 0 aromatic heterocycles. The molecule has 7 heteroatoms. The van der Waals surface area contributed by atoms with Gasteiger partial charge in [-0.15, -0.1) is 0 Å². The highest BCUT2D eigenvalue weighted by atomic mass is 16.7. The third kappa shape index (κ3) is 3.57. The molecule has 18 heavy (non-hydrogen) atoms. The molecule has 1 rings (SSSR count). The normalized spacial score (nSPS) is 10.4. The summed E-state index contributed by atoms with van der Waals surface area (Å²) in [7, 11) is 4.39. The van der Waals surface area contributed by atoms with E-state index in [4.69, 9.17) is 18.9 Å². The third-order valence-electron chi connectivity index (χ3n) is 2.26. The highest BCUT2D eigenvalue weighted by Crippen LogP contribution is 2.31. The van der Waals surface area contributed by atoms with Crippen molar-refractivity contribution in [3.63, 3.8) is 0 Å². The lowest BCUT2D eigenvalue weighted by Crippen LogP contribution is -2.22. The van der Waals surface area contributed by atoms with Crippen LogP contribution in [0.1, 0.15) is 0 Å². The van der Waals surface area contributed by atoms with Crippen LogP contribution in [0.2, 0.25) is 0 Å². The van der Waals surface area contributed by atoms with Crippen LogP contribution < -0.4 is 9.47 Å². The summed E-state index contributed by atoms with van der Waals surface area (Å²) in [5, 5.41) is 10.6. The summed E-state index contributed by atoms with van der Waals surface area (Å²) in [4.78, 5) is 10.1. The first-order valence-electron chi connectivity index (χ1n) is 5.13. The molecule has 0 atom stereocenters. The standard InChI is InChI=1S/C11H15NO6/c1-15-10-6-8(12(13)14)4-5-9(10)18-7-11(16-2)17-3/h4-6,11H,7H2,1-3H3. The van der Waals surface area contributed by atoms with E-state index in [-0.39, 0.29) is 18.0 Å². The molecular formula is C11H15NO6. The Morgan fingerprint density at radius 1 is 1.22 bits per heavy atom. The molecule has 0 unspecified atom stereocenters. The minimum absolute atomic E-state index is 0.0609. The molecule has 0 fully saturated rings. The molecule has 1 aromatic carbocycles. The number of ether oxygens (including phenoxy) is 4. The van der Waals surface area contributed by atoms with Crippen LogP contribution in [0.15, 0.2) is 18.2 Å². The van der Waals surface area contributed by atoms with Crippen LogP contribution in [0.25, 0.3) is 0 Å². The Labute approximate surface area is 104 Å². The number of hydrogen-bond acceptors (Lipinski definition) is 6. The van der Waals surface area contributed by atoms with Crippen molar-refractivity contribution in [2.45, 2.75) is 6.29 Å². The molecule has 0 N–H and O–H groups in total. The van der Waals surface area contributed by atoms with E-state index in [0.717, 1.165) is 0 Å². The molecular weight excluding hydrogens is 242 g/mol. The second-order valence-corrected chi connectivity index (χ2v) is 3.30. The van der Waals surface area contributed by atoms with E-state index in [1.54, 1.807) is 0 Å². The zero-order valence-electron chi connectivity index (χ0n) is 10.4. The van der Waals surface area contributed by atoms with Gasteiger partial charge in [0.15, 0.2) is 17.8 Å². The van der Waals surface area contributed by atoms with Crippen LogP contribution in [0, 0.1) is 10.1 Å². The highest BCUT2D eigenvalue weighted by Gasteiger charge is 2.14. The minimum Gasteiger partial charge on any atom is -0.493 e. The lowest BCUT2D eigenvalue weighted by Gasteiger charge is -2.15. The number of benzene rings is 1. The van der Waals surface area contributed by atoms with Crippen molar-refractivity contribution < 1.29 is 23.9 Å². The Bertz CT molecular complexity index is 405. The lowest BCUT2D eigenvalue weighted by atomic mass is 10.3. The van der Waals surface area contributed by atoms with E-state index in [1.807, 2.05) is 0 Å². The Balaban J connectivity index is 2.79. The molecule has 1 aromatic rings. The predicted octanol–water partition coefficient (Wildman–Crippen LogP) is 1.60. The molecule has 0 radical (unpaired) electrons. The van der Waals surface area contributed by atoms with Gasteiger partial charge >= 0.3 is 0 Å². The fourth-order valence-corrected chi connectivity index (χ4v) is 1.28. The van der Waals surface area contributed by atoms with Crippen molar-refractivity contribution in [3.8, 4) is 11.5 Å². The van der Waals surface area contributed by atoms with Gasteiger partial charge in [-0.3, -0.25) is 10.1 Å². The highest BCUT2D eigenvalue weighted by molar-refractivity contribution is 5.48. The van der Waals surface area contributed by atoms with E-state index in [0.29, 0.717) is 5.75 Å². The molecule has 0 saturated carbocycles. The number of rotatable bonds is 7. The average molecular weight is 257 g/mol. The number of non-ortho nitro benzene ring substituents is 1. The number of hydrogen-bond donors (Lipinski definition) is 0. The molecule has 0 aliphatic carbocycles. The van der Waals surface area contributed by atoms with Gasteiger partial charge in [0.25, 0.3) is 5.69 Å². The molecule has 0 amide bonds. The monoisotopic (exact) mass is 257 g/mol. The smallest absolute Gasteiger partial charge is 0.273 e. The van der Waals surface area contributed by atoms with Crippen LogP contribution in [0.3, 0.4) is 0 Å². The van der Waals surface area contributed by atoms with Crippen LogP contribution in [0.4, 0.5) is 5.69 Å². The molecule has 0 spiro atoms. The van der Waals surface area contributed by atoms with Crippen LogP contribution in [0.5, 0.6) is 11.5 Å². The number of nitro groups is 1. The minimum atomic E-state index is -0.509. The van der Waals surface area contributed by atoms with Gasteiger partial charge in [-0.2, -0.15) is 0 Å². The quantitative estimate of drug-likeness (QED) is 0.419. The third-order valence-corrected chi connectivity index (χ3v) is 2.26. The average Bonchev–Trinajstić information content (AvgIpc) is 2.39. The van der Waals surface area contributed by atoms with Gasteiger partial charge in [-0.05, 0) is 6.07 Å². The van der Waals surface area contributed by atoms with Gasteiger partial charge in [-0.25, -0.2) is 0 Å². The summed E-state index contributed by atoms with van der Waals surface area (Å²) in [6.45, 7) is 0.154. The van der Waals surface area contributed by atoms with Crippen LogP contribution in [-0.4, -0.2) is 39.1 Å². The van der Waals surface area contributed by atoms with Crippen LogP contribution >= 0.6 is 0 Å². The first kappa shape index (κ1) is 14.2.